The van der Waals surface area contributed by atoms with Gasteiger partial charge in [-0.25, -0.2) is 14.8 Å². The average molecular weight is 464 g/mol. The van der Waals surface area contributed by atoms with Gasteiger partial charge in [-0.3, -0.25) is 9.89 Å². The molecule has 1 atom stereocenters. The number of carbonyl (C=O) groups is 1. The number of carbonyl (C=O) groups excluding carboxylic acids is 1. The summed E-state index contributed by atoms with van der Waals surface area (Å²) in [6.45, 7) is 9.84. The molecule has 1 saturated heterocycles. The molecule has 0 spiro atoms. The fourth-order valence-corrected chi connectivity index (χ4v) is 3.57. The van der Waals surface area contributed by atoms with Crippen molar-refractivity contribution in [1.29, 1.82) is 0 Å². The highest BCUT2D eigenvalue weighted by molar-refractivity contribution is 5.91. The van der Waals surface area contributed by atoms with Gasteiger partial charge < -0.3 is 29.7 Å². The topological polar surface area (TPSA) is 126 Å². The summed E-state index contributed by atoms with van der Waals surface area (Å²) in [5.41, 5.74) is 2.20. The van der Waals surface area contributed by atoms with Crippen molar-refractivity contribution in [3.05, 3.63) is 42.9 Å². The highest BCUT2D eigenvalue weighted by atomic mass is 16.6. The Morgan fingerprint density at radius 2 is 2.21 bits per heavy atom. The van der Waals surface area contributed by atoms with Gasteiger partial charge in [0.25, 0.3) is 5.88 Å². The molecule has 3 aliphatic rings. The predicted molar refractivity (Wildman–Crippen MR) is 126 cm³/mol. The molecule has 2 N–H and O–H groups in total. The van der Waals surface area contributed by atoms with Crippen LogP contribution in [0.25, 0.3) is 0 Å². The lowest BCUT2D eigenvalue weighted by atomic mass is 10.3. The van der Waals surface area contributed by atoms with Gasteiger partial charge in [0.15, 0.2) is 17.5 Å². The minimum absolute atomic E-state index is 0.328. The summed E-state index contributed by atoms with van der Waals surface area (Å²) >= 11 is 0. The number of pyridine rings is 1. The van der Waals surface area contributed by atoms with Gasteiger partial charge in [0.1, 0.15) is 25.0 Å². The molecule has 5 rings (SSSR count). The van der Waals surface area contributed by atoms with Gasteiger partial charge in [-0.05, 0) is 6.07 Å². The summed E-state index contributed by atoms with van der Waals surface area (Å²) in [5, 5.41) is 6.26. The first-order valence-electron chi connectivity index (χ1n) is 10.7. The van der Waals surface area contributed by atoms with Gasteiger partial charge >= 0.3 is 6.09 Å². The molecule has 0 unspecified atom stereocenters. The second kappa shape index (κ2) is 8.98. The molecule has 3 aliphatic heterocycles. The van der Waals surface area contributed by atoms with E-state index in [0.717, 1.165) is 11.4 Å². The first-order valence-corrected chi connectivity index (χ1v) is 10.7. The van der Waals surface area contributed by atoms with E-state index in [9.17, 15) is 4.79 Å². The van der Waals surface area contributed by atoms with Crippen molar-refractivity contribution in [1.82, 2.24) is 20.3 Å². The van der Waals surface area contributed by atoms with E-state index >= 15 is 0 Å². The van der Waals surface area contributed by atoms with Gasteiger partial charge in [0, 0.05) is 31.9 Å². The van der Waals surface area contributed by atoms with Crippen LogP contribution < -0.4 is 29.9 Å². The fourth-order valence-electron chi connectivity index (χ4n) is 3.57. The first kappa shape index (κ1) is 21.6. The Morgan fingerprint density at radius 1 is 1.32 bits per heavy atom. The van der Waals surface area contributed by atoms with Crippen LogP contribution in [-0.4, -0.2) is 73.3 Å². The predicted octanol–water partition coefficient (Wildman–Crippen LogP) is 1.85. The third-order valence-corrected chi connectivity index (χ3v) is 5.39. The van der Waals surface area contributed by atoms with E-state index in [0.29, 0.717) is 67.8 Å². The van der Waals surface area contributed by atoms with Crippen LogP contribution in [0.2, 0.25) is 0 Å². The number of rotatable bonds is 7. The molecule has 2 aromatic rings. The van der Waals surface area contributed by atoms with E-state index in [1.165, 1.54) is 11.1 Å². The number of allylic oxidation sites excluding steroid dienone is 1. The van der Waals surface area contributed by atoms with Crippen molar-refractivity contribution in [3.63, 3.8) is 0 Å². The molecule has 0 bridgehead atoms. The van der Waals surface area contributed by atoms with Gasteiger partial charge in [0.05, 0.1) is 24.7 Å². The van der Waals surface area contributed by atoms with Crippen molar-refractivity contribution in [2.75, 3.05) is 55.0 Å². The zero-order chi connectivity index (χ0) is 23.7. The minimum Gasteiger partial charge on any atom is -0.476 e. The highest BCUT2D eigenvalue weighted by Gasteiger charge is 2.34. The zero-order valence-electron chi connectivity index (χ0n) is 18.7. The van der Waals surface area contributed by atoms with E-state index in [1.54, 1.807) is 12.3 Å². The third kappa shape index (κ3) is 4.35. The summed E-state index contributed by atoms with van der Waals surface area (Å²) in [6, 6.07) is 3.64. The van der Waals surface area contributed by atoms with Crippen molar-refractivity contribution < 1.29 is 19.0 Å². The highest BCUT2D eigenvalue weighted by Crippen LogP contribution is 2.32. The maximum absolute atomic E-state index is 12.3. The van der Waals surface area contributed by atoms with Crippen molar-refractivity contribution in [2.45, 2.75) is 6.10 Å². The van der Waals surface area contributed by atoms with E-state index in [4.69, 9.17) is 14.2 Å². The van der Waals surface area contributed by atoms with Crippen LogP contribution in [0.3, 0.4) is 0 Å². The molecule has 12 heteroatoms. The van der Waals surface area contributed by atoms with E-state index in [1.807, 2.05) is 18.0 Å². The first-order chi connectivity index (χ1) is 16.5. The SMILES string of the molecule is C=C1COc2ncc(N3C[C@H](CNCCOc4ccc5c(n4)N(C)C(=C)C=N5)OC3=O)nc2N1. The lowest BCUT2D eigenvalue weighted by molar-refractivity contribution is 0.139. The average Bonchev–Trinajstić information content (AvgIpc) is 3.21. The molecule has 0 radical (unpaired) electrons. The molecule has 1 fully saturated rings. The molecule has 12 nitrogen and oxygen atoms in total. The second-order valence-corrected chi connectivity index (χ2v) is 7.87. The molecule has 5 heterocycles. The molecular formula is C22H24N8O4. The summed E-state index contributed by atoms with van der Waals surface area (Å²) in [5.74, 6) is 2.39. The van der Waals surface area contributed by atoms with Gasteiger partial charge in [-0.2, -0.15) is 4.98 Å². The van der Waals surface area contributed by atoms with E-state index in [-0.39, 0.29) is 6.10 Å². The molecular weight excluding hydrogens is 440 g/mol. The van der Waals surface area contributed by atoms with E-state index in [2.05, 4.69) is 43.7 Å². The largest absolute Gasteiger partial charge is 0.476 e. The number of ether oxygens (including phenoxy) is 3. The Labute approximate surface area is 196 Å². The Hall–Kier alpha value is -4.19. The number of hydrogen-bond donors (Lipinski definition) is 2. The summed E-state index contributed by atoms with van der Waals surface area (Å²) in [4.78, 5) is 33.1. The summed E-state index contributed by atoms with van der Waals surface area (Å²) in [6.07, 6.45) is 2.39. The monoisotopic (exact) mass is 464 g/mol. The third-order valence-electron chi connectivity index (χ3n) is 5.39. The normalized spacial score (nSPS) is 18.7. The fraction of sp³-hybridized carbons (Fsp3) is 0.318. The van der Waals surface area contributed by atoms with E-state index < -0.39 is 6.09 Å². The quantitative estimate of drug-likeness (QED) is 0.586. The number of fused-ring (bicyclic) bond motifs is 2. The van der Waals surface area contributed by atoms with Crippen molar-refractivity contribution in [3.8, 4) is 11.8 Å². The van der Waals surface area contributed by atoms with Crippen LogP contribution in [-0.2, 0) is 4.74 Å². The number of nitrogens with zero attached hydrogens (tertiary/aromatic N) is 6. The number of aliphatic imine (C=N–C) groups is 1. The smallest absolute Gasteiger partial charge is 0.416 e. The maximum Gasteiger partial charge on any atom is 0.416 e. The Bertz CT molecular complexity index is 1180. The number of anilines is 3. The lowest BCUT2D eigenvalue weighted by Gasteiger charge is -2.23. The van der Waals surface area contributed by atoms with Crippen LogP contribution in [0, 0.1) is 0 Å². The molecule has 34 heavy (non-hydrogen) atoms. The Balaban J connectivity index is 1.09. The lowest BCUT2D eigenvalue weighted by Crippen LogP contribution is -2.33. The summed E-state index contributed by atoms with van der Waals surface area (Å²) in [7, 11) is 1.88. The van der Waals surface area contributed by atoms with Crippen LogP contribution >= 0.6 is 0 Å². The molecule has 0 aliphatic carbocycles. The second-order valence-electron chi connectivity index (χ2n) is 7.87. The number of nitrogens with one attached hydrogen (secondary N) is 2. The van der Waals surface area contributed by atoms with Gasteiger partial charge in [-0.1, -0.05) is 13.2 Å². The number of amides is 1. The Kier molecular flexibility index (Phi) is 5.72. The molecule has 1 amide bonds. The molecule has 176 valence electrons. The van der Waals surface area contributed by atoms with Crippen molar-refractivity contribution in [2.24, 2.45) is 4.99 Å². The van der Waals surface area contributed by atoms with Crippen LogP contribution in [0.5, 0.6) is 11.8 Å². The summed E-state index contributed by atoms with van der Waals surface area (Å²) < 4.78 is 16.6. The van der Waals surface area contributed by atoms with Crippen LogP contribution in [0.1, 0.15) is 0 Å². The molecule has 0 aromatic carbocycles. The minimum atomic E-state index is -0.473. The maximum atomic E-state index is 12.3. The molecule has 2 aromatic heterocycles. The van der Waals surface area contributed by atoms with Crippen LogP contribution in [0.15, 0.2) is 47.9 Å². The number of hydrogen-bond acceptors (Lipinski definition) is 11. The van der Waals surface area contributed by atoms with Gasteiger partial charge in [-0.15, -0.1) is 0 Å². The molecule has 0 saturated carbocycles. The van der Waals surface area contributed by atoms with Crippen LogP contribution in [0.4, 0.5) is 27.9 Å². The standard InChI is InChI=1S/C22H24N8O4/c1-13-12-33-21-19(26-13)27-17(10-25-21)30-11-15(34-22(30)31)9-23-6-7-32-18-5-4-16-20(28-18)29(3)14(2)8-24-16/h4-5,8,10,15,23H,1-2,6-7,9,11-12H2,3H3,(H,26,27)/t15-/m0/s1. The number of aromatic nitrogens is 3. The van der Waals surface area contributed by atoms with Crippen molar-refractivity contribution >= 4 is 35.4 Å². The number of cyclic esters (lactones) is 1. The zero-order valence-corrected chi connectivity index (χ0v) is 18.7. The Morgan fingerprint density at radius 3 is 3.09 bits per heavy atom. The van der Waals surface area contributed by atoms with Gasteiger partial charge in [0.2, 0.25) is 5.88 Å².